The molecule has 3 heteroatoms. The Labute approximate surface area is 164 Å². The maximum atomic E-state index is 5.99. The van der Waals surface area contributed by atoms with Crippen molar-refractivity contribution < 1.29 is 4.74 Å². The molecule has 3 nitrogen and oxygen atoms in total. The van der Waals surface area contributed by atoms with E-state index < -0.39 is 0 Å². The molecule has 27 heavy (non-hydrogen) atoms. The second-order valence-corrected chi connectivity index (χ2v) is 7.57. The first-order valence-electron chi connectivity index (χ1n) is 10.0. The Bertz CT molecular complexity index is 680. The van der Waals surface area contributed by atoms with E-state index in [0.29, 0.717) is 12.6 Å². The molecule has 0 aliphatic carbocycles. The SMILES string of the molecule is C=C(C)COCC(CN(Cc1ccccc1)c1ccccc1)N1CCCC1. The lowest BCUT2D eigenvalue weighted by molar-refractivity contribution is 0.0844. The van der Waals surface area contributed by atoms with Crippen LogP contribution in [0.5, 0.6) is 0 Å². The Hall–Kier alpha value is -2.10. The third-order valence-electron chi connectivity index (χ3n) is 5.08. The maximum absolute atomic E-state index is 5.99. The molecular formula is C24H32N2O. The molecule has 0 radical (unpaired) electrons. The van der Waals surface area contributed by atoms with Crippen molar-refractivity contribution in [2.75, 3.05) is 37.7 Å². The highest BCUT2D eigenvalue weighted by atomic mass is 16.5. The Morgan fingerprint density at radius 1 is 1.04 bits per heavy atom. The molecule has 1 unspecified atom stereocenters. The van der Waals surface area contributed by atoms with Crippen molar-refractivity contribution in [3.8, 4) is 0 Å². The molecule has 2 aromatic carbocycles. The normalized spacial score (nSPS) is 15.6. The van der Waals surface area contributed by atoms with Gasteiger partial charge in [0.2, 0.25) is 0 Å². The molecule has 3 rings (SSSR count). The average molecular weight is 365 g/mol. The van der Waals surface area contributed by atoms with Crippen LogP contribution in [0.4, 0.5) is 5.69 Å². The van der Waals surface area contributed by atoms with Gasteiger partial charge >= 0.3 is 0 Å². The number of para-hydroxylation sites is 1. The van der Waals surface area contributed by atoms with Gasteiger partial charge in [-0.3, -0.25) is 4.90 Å². The van der Waals surface area contributed by atoms with E-state index in [1.807, 2.05) is 6.92 Å². The number of likely N-dealkylation sites (tertiary alicyclic amines) is 1. The van der Waals surface area contributed by atoms with Crippen molar-refractivity contribution in [2.24, 2.45) is 0 Å². The van der Waals surface area contributed by atoms with Crippen molar-refractivity contribution in [2.45, 2.75) is 32.4 Å². The van der Waals surface area contributed by atoms with E-state index in [-0.39, 0.29) is 0 Å². The van der Waals surface area contributed by atoms with E-state index in [1.165, 1.54) is 37.2 Å². The fourth-order valence-electron chi connectivity index (χ4n) is 3.71. The minimum Gasteiger partial charge on any atom is -0.375 e. The summed E-state index contributed by atoms with van der Waals surface area (Å²) in [5.41, 5.74) is 3.69. The fourth-order valence-corrected chi connectivity index (χ4v) is 3.71. The van der Waals surface area contributed by atoms with E-state index in [1.54, 1.807) is 0 Å². The van der Waals surface area contributed by atoms with E-state index in [4.69, 9.17) is 4.74 Å². The Morgan fingerprint density at radius 3 is 2.30 bits per heavy atom. The van der Waals surface area contributed by atoms with Gasteiger partial charge in [0.25, 0.3) is 0 Å². The summed E-state index contributed by atoms with van der Waals surface area (Å²) in [6, 6.07) is 21.9. The van der Waals surface area contributed by atoms with Crippen molar-refractivity contribution in [3.63, 3.8) is 0 Å². The fraction of sp³-hybridized carbons (Fsp3) is 0.417. The number of rotatable bonds is 10. The second kappa shape index (κ2) is 10.3. The van der Waals surface area contributed by atoms with Crippen LogP contribution in [0.15, 0.2) is 72.8 Å². The zero-order valence-electron chi connectivity index (χ0n) is 16.5. The highest BCUT2D eigenvalue weighted by Crippen LogP contribution is 2.20. The largest absolute Gasteiger partial charge is 0.375 e. The number of benzene rings is 2. The van der Waals surface area contributed by atoms with Gasteiger partial charge in [-0.05, 0) is 50.6 Å². The zero-order valence-corrected chi connectivity index (χ0v) is 16.5. The van der Waals surface area contributed by atoms with Gasteiger partial charge in [-0.25, -0.2) is 0 Å². The predicted molar refractivity (Wildman–Crippen MR) is 114 cm³/mol. The molecule has 1 atom stereocenters. The minimum atomic E-state index is 0.399. The predicted octanol–water partition coefficient (Wildman–Crippen LogP) is 4.75. The monoisotopic (exact) mass is 364 g/mol. The summed E-state index contributed by atoms with van der Waals surface area (Å²) in [4.78, 5) is 5.09. The van der Waals surface area contributed by atoms with Crippen molar-refractivity contribution in [1.29, 1.82) is 0 Å². The maximum Gasteiger partial charge on any atom is 0.0672 e. The summed E-state index contributed by atoms with van der Waals surface area (Å²) in [7, 11) is 0. The Morgan fingerprint density at radius 2 is 1.67 bits per heavy atom. The van der Waals surface area contributed by atoms with Crippen molar-refractivity contribution in [3.05, 3.63) is 78.4 Å². The van der Waals surface area contributed by atoms with Crippen molar-refractivity contribution in [1.82, 2.24) is 4.90 Å². The van der Waals surface area contributed by atoms with Crippen LogP contribution in [-0.2, 0) is 11.3 Å². The van der Waals surface area contributed by atoms with Gasteiger partial charge in [0.05, 0.1) is 19.3 Å². The summed E-state index contributed by atoms with van der Waals surface area (Å²) in [6.07, 6.45) is 2.59. The standard InChI is InChI=1S/C24H32N2O/c1-21(2)19-27-20-24(25-15-9-10-16-25)18-26(23-13-7-4-8-14-23)17-22-11-5-3-6-12-22/h3-8,11-14,24H,1,9-10,15-20H2,2H3. The van der Waals surface area contributed by atoms with Gasteiger partial charge in [0.1, 0.15) is 0 Å². The second-order valence-electron chi connectivity index (χ2n) is 7.57. The van der Waals surface area contributed by atoms with Gasteiger partial charge in [0, 0.05) is 18.8 Å². The number of ether oxygens (including phenoxy) is 1. The topological polar surface area (TPSA) is 15.7 Å². The molecule has 1 saturated heterocycles. The van der Waals surface area contributed by atoms with Gasteiger partial charge < -0.3 is 9.64 Å². The van der Waals surface area contributed by atoms with E-state index in [0.717, 1.165) is 25.3 Å². The highest BCUT2D eigenvalue weighted by Gasteiger charge is 2.24. The van der Waals surface area contributed by atoms with Crippen LogP contribution in [0.2, 0.25) is 0 Å². The molecule has 1 aliphatic rings. The summed E-state index contributed by atoms with van der Waals surface area (Å²) in [6.45, 7) is 11.6. The van der Waals surface area contributed by atoms with Gasteiger partial charge in [0.15, 0.2) is 0 Å². The summed E-state index contributed by atoms with van der Waals surface area (Å²) >= 11 is 0. The first kappa shape index (κ1) is 19.7. The van der Waals surface area contributed by atoms with Crippen LogP contribution in [-0.4, -0.2) is 43.8 Å². The molecular weight excluding hydrogens is 332 g/mol. The Balaban J connectivity index is 1.74. The molecule has 144 valence electrons. The summed E-state index contributed by atoms with van der Waals surface area (Å²) in [5, 5.41) is 0. The number of anilines is 1. The smallest absolute Gasteiger partial charge is 0.0672 e. The molecule has 2 aromatic rings. The van der Waals surface area contributed by atoms with Crippen LogP contribution in [0.3, 0.4) is 0 Å². The summed E-state index contributed by atoms with van der Waals surface area (Å²) < 4.78 is 5.99. The van der Waals surface area contributed by atoms with Gasteiger partial charge in [-0.15, -0.1) is 0 Å². The number of hydrogen-bond donors (Lipinski definition) is 0. The average Bonchev–Trinajstić information content (AvgIpc) is 3.22. The van der Waals surface area contributed by atoms with Crippen LogP contribution in [0.1, 0.15) is 25.3 Å². The minimum absolute atomic E-state index is 0.399. The molecule has 1 fully saturated rings. The molecule has 0 saturated carbocycles. The molecule has 0 amide bonds. The van der Waals surface area contributed by atoms with E-state index in [9.17, 15) is 0 Å². The van der Waals surface area contributed by atoms with Crippen molar-refractivity contribution >= 4 is 5.69 Å². The van der Waals surface area contributed by atoms with Crippen LogP contribution >= 0.6 is 0 Å². The molecule has 1 heterocycles. The quantitative estimate of drug-likeness (QED) is 0.566. The zero-order chi connectivity index (χ0) is 18.9. The lowest BCUT2D eigenvalue weighted by Crippen LogP contribution is -2.45. The van der Waals surface area contributed by atoms with Gasteiger partial charge in [-0.2, -0.15) is 0 Å². The lowest BCUT2D eigenvalue weighted by Gasteiger charge is -2.34. The van der Waals surface area contributed by atoms with E-state index in [2.05, 4.69) is 77.0 Å². The lowest BCUT2D eigenvalue weighted by atomic mass is 10.1. The van der Waals surface area contributed by atoms with E-state index >= 15 is 0 Å². The Kier molecular flexibility index (Phi) is 7.49. The number of hydrogen-bond acceptors (Lipinski definition) is 3. The molecule has 0 N–H and O–H groups in total. The first-order valence-corrected chi connectivity index (χ1v) is 10.0. The summed E-state index contributed by atoms with van der Waals surface area (Å²) in [5.74, 6) is 0. The first-order chi connectivity index (χ1) is 13.2. The molecule has 0 spiro atoms. The molecule has 0 bridgehead atoms. The molecule has 1 aliphatic heterocycles. The van der Waals surface area contributed by atoms with Crippen LogP contribution in [0, 0.1) is 0 Å². The number of nitrogens with zero attached hydrogens (tertiary/aromatic N) is 2. The highest BCUT2D eigenvalue weighted by molar-refractivity contribution is 5.47. The van der Waals surface area contributed by atoms with Crippen LogP contribution < -0.4 is 4.90 Å². The molecule has 0 aromatic heterocycles. The van der Waals surface area contributed by atoms with Crippen LogP contribution in [0.25, 0.3) is 0 Å². The van der Waals surface area contributed by atoms with Gasteiger partial charge in [-0.1, -0.05) is 60.7 Å². The third kappa shape index (κ3) is 6.23. The third-order valence-corrected chi connectivity index (χ3v) is 5.08.